The van der Waals surface area contributed by atoms with Crippen LogP contribution in [0.4, 0.5) is 4.79 Å². The minimum absolute atomic E-state index is 0.241. The molecule has 0 radical (unpaired) electrons. The summed E-state index contributed by atoms with van der Waals surface area (Å²) in [5.74, 6) is 0.776. The Bertz CT molecular complexity index is 880. The largest absolute Gasteiger partial charge is 0.493 e. The van der Waals surface area contributed by atoms with Crippen molar-refractivity contribution in [2.75, 3.05) is 14.2 Å². The van der Waals surface area contributed by atoms with Gasteiger partial charge in [-0.05, 0) is 41.6 Å². The van der Waals surface area contributed by atoms with E-state index < -0.39 is 0 Å². The molecule has 0 spiro atoms. The molecule has 2 aromatic carbocycles. The monoisotopic (exact) mass is 433 g/mol. The normalized spacial score (nSPS) is 15.7. The second-order valence-corrected chi connectivity index (χ2v) is 7.39. The van der Waals surface area contributed by atoms with Crippen LogP contribution in [0.5, 0.6) is 11.5 Å². The smallest absolute Gasteiger partial charge is 0.293 e. The van der Waals surface area contributed by atoms with Crippen molar-refractivity contribution < 1.29 is 19.1 Å². The van der Waals surface area contributed by atoms with Gasteiger partial charge in [0.1, 0.15) is 0 Å². The molecule has 0 atom stereocenters. The number of rotatable bonds is 5. The van der Waals surface area contributed by atoms with E-state index in [1.165, 1.54) is 12.0 Å². The van der Waals surface area contributed by atoms with E-state index in [1.807, 2.05) is 30.3 Å². The van der Waals surface area contributed by atoms with E-state index in [0.29, 0.717) is 22.0 Å². The number of methoxy groups -OCH3 is 2. The molecule has 26 heavy (non-hydrogen) atoms. The molecule has 0 N–H and O–H groups in total. The zero-order valence-corrected chi connectivity index (χ0v) is 16.6. The lowest BCUT2D eigenvalue weighted by atomic mass is 10.1. The first-order valence-electron chi connectivity index (χ1n) is 7.74. The predicted octanol–water partition coefficient (Wildman–Crippen LogP) is 4.70. The number of ether oxygens (including phenoxy) is 2. The van der Waals surface area contributed by atoms with Gasteiger partial charge in [0, 0.05) is 10.0 Å². The third-order valence-electron chi connectivity index (χ3n) is 3.85. The number of carbonyl (C=O) groups excluding carboxylic acids is 2. The van der Waals surface area contributed by atoms with Crippen LogP contribution in [0.2, 0.25) is 0 Å². The Morgan fingerprint density at radius 3 is 2.46 bits per heavy atom. The first kappa shape index (κ1) is 18.5. The summed E-state index contributed by atoms with van der Waals surface area (Å²) in [5.41, 5.74) is 1.57. The van der Waals surface area contributed by atoms with Crippen LogP contribution in [0.25, 0.3) is 6.08 Å². The molecule has 1 aliphatic rings. The summed E-state index contributed by atoms with van der Waals surface area (Å²) in [4.78, 5) is 26.6. The molecule has 7 heteroatoms. The molecule has 1 heterocycles. The summed E-state index contributed by atoms with van der Waals surface area (Å²) >= 11 is 4.30. The topological polar surface area (TPSA) is 55.8 Å². The molecular formula is C19H16BrNO4S. The van der Waals surface area contributed by atoms with E-state index in [1.54, 1.807) is 25.3 Å². The molecule has 1 saturated heterocycles. The van der Waals surface area contributed by atoms with Gasteiger partial charge in [0.15, 0.2) is 11.5 Å². The predicted molar refractivity (Wildman–Crippen MR) is 105 cm³/mol. The van der Waals surface area contributed by atoms with Gasteiger partial charge in [-0.1, -0.05) is 40.2 Å². The SMILES string of the molecule is COc1cccc(/C=C2\SC(=O)N(Cc3ccc(Br)cc3)C2=O)c1OC. The average molecular weight is 434 g/mol. The third-order valence-corrected chi connectivity index (χ3v) is 5.28. The zero-order valence-electron chi connectivity index (χ0n) is 14.2. The highest BCUT2D eigenvalue weighted by atomic mass is 79.9. The fourth-order valence-electron chi connectivity index (χ4n) is 2.58. The lowest BCUT2D eigenvalue weighted by Gasteiger charge is -2.12. The van der Waals surface area contributed by atoms with E-state index in [4.69, 9.17) is 9.47 Å². The maximum atomic E-state index is 12.7. The molecule has 134 valence electrons. The summed E-state index contributed by atoms with van der Waals surface area (Å²) < 4.78 is 11.6. The Labute approximate surface area is 164 Å². The van der Waals surface area contributed by atoms with Gasteiger partial charge in [-0.2, -0.15) is 0 Å². The molecule has 0 aromatic heterocycles. The quantitative estimate of drug-likeness (QED) is 0.639. The molecule has 3 rings (SSSR count). The summed E-state index contributed by atoms with van der Waals surface area (Å²) in [5, 5.41) is -0.286. The van der Waals surface area contributed by atoms with E-state index >= 15 is 0 Å². The Morgan fingerprint density at radius 2 is 1.81 bits per heavy atom. The Kier molecular flexibility index (Phi) is 5.68. The van der Waals surface area contributed by atoms with Crippen LogP contribution in [-0.2, 0) is 11.3 Å². The number of carbonyl (C=O) groups is 2. The number of hydrogen-bond acceptors (Lipinski definition) is 5. The summed E-state index contributed by atoms with van der Waals surface area (Å²) in [6, 6.07) is 12.9. The van der Waals surface area contributed by atoms with Crippen LogP contribution in [0.15, 0.2) is 51.8 Å². The first-order chi connectivity index (χ1) is 12.5. The van der Waals surface area contributed by atoms with Crippen LogP contribution < -0.4 is 9.47 Å². The maximum absolute atomic E-state index is 12.7. The second-order valence-electron chi connectivity index (χ2n) is 5.48. The highest BCUT2D eigenvalue weighted by molar-refractivity contribution is 9.10. The number of amides is 2. The second kappa shape index (κ2) is 7.97. The van der Waals surface area contributed by atoms with E-state index in [9.17, 15) is 9.59 Å². The Hall–Kier alpha value is -2.25. The van der Waals surface area contributed by atoms with E-state index in [2.05, 4.69) is 15.9 Å². The summed E-state index contributed by atoms with van der Waals surface area (Å²) in [6.45, 7) is 0.241. The van der Waals surface area contributed by atoms with Gasteiger partial charge in [-0.3, -0.25) is 14.5 Å². The standard InChI is InChI=1S/C19H16BrNO4S/c1-24-15-5-3-4-13(17(15)25-2)10-16-18(22)21(19(23)26-16)11-12-6-8-14(20)9-7-12/h3-10H,11H2,1-2H3/b16-10-. The molecule has 0 unspecified atom stereocenters. The van der Waals surface area contributed by atoms with E-state index in [0.717, 1.165) is 21.8 Å². The molecule has 0 bridgehead atoms. The van der Waals surface area contributed by atoms with Crippen molar-refractivity contribution in [3.63, 3.8) is 0 Å². The zero-order chi connectivity index (χ0) is 18.7. The maximum Gasteiger partial charge on any atom is 0.293 e. The lowest BCUT2D eigenvalue weighted by molar-refractivity contribution is -0.123. The van der Waals surface area contributed by atoms with Crippen molar-refractivity contribution in [3.05, 3.63) is 63.0 Å². The van der Waals surface area contributed by atoms with Crippen molar-refractivity contribution in [1.29, 1.82) is 0 Å². The highest BCUT2D eigenvalue weighted by Gasteiger charge is 2.35. The molecule has 5 nitrogen and oxygen atoms in total. The van der Waals surface area contributed by atoms with Crippen molar-refractivity contribution in [3.8, 4) is 11.5 Å². The van der Waals surface area contributed by atoms with Crippen LogP contribution >= 0.6 is 27.7 Å². The van der Waals surface area contributed by atoms with E-state index in [-0.39, 0.29) is 17.7 Å². The fourth-order valence-corrected chi connectivity index (χ4v) is 3.67. The van der Waals surface area contributed by atoms with Gasteiger partial charge >= 0.3 is 0 Å². The molecule has 0 saturated carbocycles. The number of hydrogen-bond donors (Lipinski definition) is 0. The average Bonchev–Trinajstić information content (AvgIpc) is 2.90. The van der Waals surface area contributed by atoms with Gasteiger partial charge in [0.05, 0.1) is 25.7 Å². The number of halogens is 1. The van der Waals surface area contributed by atoms with Crippen molar-refractivity contribution in [1.82, 2.24) is 4.90 Å². The Morgan fingerprint density at radius 1 is 1.08 bits per heavy atom. The number of thioether (sulfide) groups is 1. The Balaban J connectivity index is 1.87. The highest BCUT2D eigenvalue weighted by Crippen LogP contribution is 2.37. The number of para-hydroxylation sites is 1. The van der Waals surface area contributed by atoms with Crippen molar-refractivity contribution in [2.45, 2.75) is 6.54 Å². The van der Waals surface area contributed by atoms with Crippen LogP contribution in [-0.4, -0.2) is 30.3 Å². The number of benzene rings is 2. The number of nitrogens with zero attached hydrogens (tertiary/aromatic N) is 1. The minimum Gasteiger partial charge on any atom is -0.493 e. The van der Waals surface area contributed by atoms with Gasteiger partial charge < -0.3 is 9.47 Å². The molecular weight excluding hydrogens is 418 g/mol. The van der Waals surface area contributed by atoms with Crippen LogP contribution in [0.1, 0.15) is 11.1 Å². The molecule has 0 aliphatic carbocycles. The van der Waals surface area contributed by atoms with Crippen molar-refractivity contribution in [2.24, 2.45) is 0 Å². The fraction of sp³-hybridized carbons (Fsp3) is 0.158. The summed E-state index contributed by atoms with van der Waals surface area (Å²) in [7, 11) is 3.09. The number of imide groups is 1. The van der Waals surface area contributed by atoms with Crippen molar-refractivity contribution >= 4 is 44.9 Å². The molecule has 1 fully saturated rings. The van der Waals surface area contributed by atoms with Crippen LogP contribution in [0, 0.1) is 0 Å². The molecule has 2 aromatic rings. The lowest BCUT2D eigenvalue weighted by Crippen LogP contribution is -2.27. The van der Waals surface area contributed by atoms with Gasteiger partial charge in [-0.15, -0.1) is 0 Å². The summed E-state index contributed by atoms with van der Waals surface area (Å²) in [6.07, 6.45) is 1.66. The molecule has 1 aliphatic heterocycles. The third kappa shape index (κ3) is 3.78. The van der Waals surface area contributed by atoms with Gasteiger partial charge in [0.2, 0.25) is 0 Å². The van der Waals surface area contributed by atoms with Gasteiger partial charge in [-0.25, -0.2) is 0 Å². The van der Waals surface area contributed by atoms with Gasteiger partial charge in [0.25, 0.3) is 11.1 Å². The minimum atomic E-state index is -0.312. The molecule has 2 amide bonds. The first-order valence-corrected chi connectivity index (χ1v) is 9.35. The van der Waals surface area contributed by atoms with Crippen LogP contribution in [0.3, 0.4) is 0 Å².